The van der Waals surface area contributed by atoms with E-state index in [-0.39, 0.29) is 7.69 Å². The quantitative estimate of drug-likeness (QED) is 0.560. The van der Waals surface area contributed by atoms with Crippen molar-refractivity contribution >= 4 is 7.69 Å². The summed E-state index contributed by atoms with van der Waals surface area (Å²) in [6, 6.07) is 17.5. The zero-order valence-corrected chi connectivity index (χ0v) is 14.3. The molecule has 0 heterocycles. The standard InChI is InChI=1S/C20H27BO2/c1-3-16-10-5-7-12-18(16)20(14-9-15-23-21-22)19-13-8-6-11-17(19)4-2/h5-8,10-13,20-22H,3-4,9,14-15H2,1-2H3. The molecule has 0 bridgehead atoms. The Morgan fingerprint density at radius 3 is 1.91 bits per heavy atom. The molecule has 2 rings (SSSR count). The van der Waals surface area contributed by atoms with E-state index in [0.29, 0.717) is 12.5 Å². The molecule has 0 spiro atoms. The highest BCUT2D eigenvalue weighted by Crippen LogP contribution is 2.34. The second-order valence-electron chi connectivity index (χ2n) is 5.84. The third-order valence-corrected chi connectivity index (χ3v) is 4.50. The third-order valence-electron chi connectivity index (χ3n) is 4.50. The summed E-state index contributed by atoms with van der Waals surface area (Å²) in [5.74, 6) is 0.393. The van der Waals surface area contributed by atoms with Crippen molar-refractivity contribution in [2.75, 3.05) is 6.61 Å². The van der Waals surface area contributed by atoms with Gasteiger partial charge in [-0.2, -0.15) is 0 Å². The molecule has 0 amide bonds. The zero-order chi connectivity index (χ0) is 16.5. The molecule has 0 aliphatic carbocycles. The second kappa shape index (κ2) is 9.54. The Hall–Kier alpha value is -1.58. The van der Waals surface area contributed by atoms with E-state index in [9.17, 15) is 0 Å². The predicted octanol–water partition coefficient (Wildman–Crippen LogP) is 4.00. The molecular formula is C20H27BO2. The fraction of sp³-hybridized carbons (Fsp3) is 0.400. The van der Waals surface area contributed by atoms with Crippen molar-refractivity contribution in [3.05, 3.63) is 70.8 Å². The minimum atomic E-state index is -0.193. The lowest BCUT2D eigenvalue weighted by Crippen LogP contribution is -2.09. The SMILES string of the molecule is CCc1ccccc1C(CCCOBO)c1ccccc1CC. The van der Waals surface area contributed by atoms with Crippen molar-refractivity contribution in [1.29, 1.82) is 0 Å². The molecule has 0 saturated carbocycles. The highest BCUT2D eigenvalue weighted by molar-refractivity contribution is 6.15. The fourth-order valence-corrected chi connectivity index (χ4v) is 3.32. The first-order valence-corrected chi connectivity index (χ1v) is 8.66. The molecule has 0 unspecified atom stereocenters. The normalized spacial score (nSPS) is 11.0. The third kappa shape index (κ3) is 4.70. The molecule has 0 atom stereocenters. The average molecular weight is 310 g/mol. The molecule has 2 aromatic carbocycles. The number of aryl methyl sites for hydroxylation is 2. The predicted molar refractivity (Wildman–Crippen MR) is 98.0 cm³/mol. The van der Waals surface area contributed by atoms with E-state index in [0.717, 1.165) is 25.7 Å². The molecule has 0 radical (unpaired) electrons. The van der Waals surface area contributed by atoms with E-state index in [2.05, 4.69) is 62.4 Å². The molecule has 3 heteroatoms. The number of benzene rings is 2. The van der Waals surface area contributed by atoms with Gasteiger partial charge in [-0.25, -0.2) is 0 Å². The van der Waals surface area contributed by atoms with Crippen LogP contribution in [-0.2, 0) is 17.5 Å². The van der Waals surface area contributed by atoms with Crippen LogP contribution in [0.5, 0.6) is 0 Å². The van der Waals surface area contributed by atoms with Crippen LogP contribution in [0.3, 0.4) is 0 Å². The Labute approximate surface area is 140 Å². The Morgan fingerprint density at radius 1 is 0.913 bits per heavy atom. The van der Waals surface area contributed by atoms with Crippen LogP contribution in [0, 0.1) is 0 Å². The van der Waals surface area contributed by atoms with Gasteiger partial charge >= 0.3 is 7.69 Å². The minimum absolute atomic E-state index is 0.193. The molecule has 2 nitrogen and oxygen atoms in total. The lowest BCUT2D eigenvalue weighted by Gasteiger charge is -2.23. The van der Waals surface area contributed by atoms with Gasteiger partial charge in [-0.3, -0.25) is 0 Å². The van der Waals surface area contributed by atoms with Gasteiger partial charge in [0.2, 0.25) is 0 Å². The van der Waals surface area contributed by atoms with Crippen molar-refractivity contribution in [3.8, 4) is 0 Å². The van der Waals surface area contributed by atoms with Gasteiger partial charge in [-0.05, 0) is 47.9 Å². The maximum absolute atomic E-state index is 8.81. The topological polar surface area (TPSA) is 29.5 Å². The maximum atomic E-state index is 8.81. The monoisotopic (exact) mass is 310 g/mol. The molecule has 2 aromatic rings. The van der Waals surface area contributed by atoms with Gasteiger partial charge in [0, 0.05) is 12.5 Å². The van der Waals surface area contributed by atoms with E-state index in [1.54, 1.807) is 0 Å². The van der Waals surface area contributed by atoms with Crippen molar-refractivity contribution in [2.45, 2.75) is 45.4 Å². The van der Waals surface area contributed by atoms with E-state index in [4.69, 9.17) is 9.68 Å². The Morgan fingerprint density at radius 2 is 1.43 bits per heavy atom. The Bertz CT molecular complexity index is 550. The van der Waals surface area contributed by atoms with Crippen molar-refractivity contribution in [1.82, 2.24) is 0 Å². The van der Waals surface area contributed by atoms with Crippen LogP contribution >= 0.6 is 0 Å². The van der Waals surface area contributed by atoms with Gasteiger partial charge in [0.1, 0.15) is 0 Å². The van der Waals surface area contributed by atoms with Gasteiger partial charge in [-0.15, -0.1) is 0 Å². The van der Waals surface area contributed by atoms with Gasteiger partial charge < -0.3 is 9.68 Å². The molecule has 0 saturated heterocycles. The molecular weight excluding hydrogens is 283 g/mol. The van der Waals surface area contributed by atoms with E-state index in [1.165, 1.54) is 22.3 Å². The summed E-state index contributed by atoms with van der Waals surface area (Å²) in [6.45, 7) is 5.04. The van der Waals surface area contributed by atoms with Crippen LogP contribution in [0.25, 0.3) is 0 Å². The summed E-state index contributed by atoms with van der Waals surface area (Å²) < 4.78 is 5.12. The molecule has 0 fully saturated rings. The highest BCUT2D eigenvalue weighted by Gasteiger charge is 2.18. The summed E-state index contributed by atoms with van der Waals surface area (Å²) in [4.78, 5) is 0. The van der Waals surface area contributed by atoms with Crippen molar-refractivity contribution in [2.24, 2.45) is 0 Å². The number of hydrogen-bond donors (Lipinski definition) is 1. The van der Waals surface area contributed by atoms with Crippen molar-refractivity contribution in [3.63, 3.8) is 0 Å². The molecule has 1 N–H and O–H groups in total. The van der Waals surface area contributed by atoms with Gasteiger partial charge in [-0.1, -0.05) is 62.4 Å². The Kier molecular flexibility index (Phi) is 7.37. The van der Waals surface area contributed by atoms with Crippen LogP contribution in [0.2, 0.25) is 0 Å². The largest absolute Gasteiger partial charge is 0.435 e. The van der Waals surface area contributed by atoms with Crippen LogP contribution in [0.4, 0.5) is 0 Å². The molecule has 122 valence electrons. The average Bonchev–Trinajstić information content (AvgIpc) is 2.62. The lowest BCUT2D eigenvalue weighted by molar-refractivity contribution is 0.274. The van der Waals surface area contributed by atoms with E-state index < -0.39 is 0 Å². The molecule has 0 aromatic heterocycles. The van der Waals surface area contributed by atoms with Crippen LogP contribution in [0.15, 0.2) is 48.5 Å². The maximum Gasteiger partial charge on any atom is 0.435 e. The number of hydrogen-bond acceptors (Lipinski definition) is 2. The van der Waals surface area contributed by atoms with Crippen molar-refractivity contribution < 1.29 is 9.68 Å². The second-order valence-corrected chi connectivity index (χ2v) is 5.84. The van der Waals surface area contributed by atoms with Gasteiger partial charge in [0.15, 0.2) is 0 Å². The summed E-state index contributed by atoms with van der Waals surface area (Å²) in [5.41, 5.74) is 5.71. The highest BCUT2D eigenvalue weighted by atomic mass is 16.5. The zero-order valence-electron chi connectivity index (χ0n) is 14.3. The van der Waals surface area contributed by atoms with Crippen LogP contribution in [0.1, 0.15) is 54.9 Å². The first-order valence-electron chi connectivity index (χ1n) is 8.66. The first-order chi connectivity index (χ1) is 11.3. The van der Waals surface area contributed by atoms with Gasteiger partial charge in [0.25, 0.3) is 0 Å². The summed E-state index contributed by atoms with van der Waals surface area (Å²) >= 11 is 0. The van der Waals surface area contributed by atoms with Crippen LogP contribution < -0.4 is 0 Å². The van der Waals surface area contributed by atoms with E-state index in [1.807, 2.05) is 0 Å². The van der Waals surface area contributed by atoms with Gasteiger partial charge in [0.05, 0.1) is 0 Å². The fourth-order valence-electron chi connectivity index (χ4n) is 3.32. The minimum Gasteiger partial charge on any atom is -0.430 e. The molecule has 0 aliphatic rings. The Balaban J connectivity index is 2.35. The molecule has 0 aliphatic heterocycles. The first kappa shape index (κ1) is 17.8. The number of rotatable bonds is 9. The van der Waals surface area contributed by atoms with E-state index >= 15 is 0 Å². The lowest BCUT2D eigenvalue weighted by atomic mass is 9.82. The summed E-state index contributed by atoms with van der Waals surface area (Å²) in [7, 11) is -0.193. The smallest absolute Gasteiger partial charge is 0.430 e. The summed E-state index contributed by atoms with van der Waals surface area (Å²) in [6.07, 6.45) is 4.08. The summed E-state index contributed by atoms with van der Waals surface area (Å²) in [5, 5.41) is 8.81. The van der Waals surface area contributed by atoms with Crippen LogP contribution in [-0.4, -0.2) is 19.3 Å². The molecule has 23 heavy (non-hydrogen) atoms.